The first-order valence-corrected chi connectivity index (χ1v) is 11.4. The third-order valence-corrected chi connectivity index (χ3v) is 6.54. The summed E-state index contributed by atoms with van der Waals surface area (Å²) in [6.07, 6.45) is 2.59. The van der Waals surface area contributed by atoms with Gasteiger partial charge in [0.15, 0.2) is 0 Å². The van der Waals surface area contributed by atoms with Crippen molar-refractivity contribution in [1.29, 1.82) is 5.26 Å². The standard InChI is InChI=1S/C24H29N7O3/c1-3-24(17-25)9-11-31(22(24)33)20-8-10-26-23(28-20)27-18-4-6-19(7-5-18)29-12-14-30(15-13-29)21(32)16-34-2/h4-8,10H,3,9,11-16H2,1-2H3,(H,26,27,28)/t24-/m1/s1. The van der Waals surface area contributed by atoms with E-state index in [0.717, 1.165) is 24.5 Å². The number of carbonyl (C=O) groups is 2. The van der Waals surface area contributed by atoms with Crippen molar-refractivity contribution >= 4 is 35.0 Å². The molecule has 2 fully saturated rings. The van der Waals surface area contributed by atoms with Gasteiger partial charge in [-0.25, -0.2) is 4.98 Å². The second-order valence-corrected chi connectivity index (χ2v) is 8.47. The molecule has 2 saturated heterocycles. The van der Waals surface area contributed by atoms with Gasteiger partial charge in [0.05, 0.1) is 6.07 Å². The number of rotatable bonds is 7. The third kappa shape index (κ3) is 4.65. The average molecular weight is 464 g/mol. The number of benzene rings is 1. The van der Waals surface area contributed by atoms with Gasteiger partial charge in [0, 0.05) is 57.4 Å². The third-order valence-electron chi connectivity index (χ3n) is 6.54. The monoisotopic (exact) mass is 463 g/mol. The zero-order chi connectivity index (χ0) is 24.1. The smallest absolute Gasteiger partial charge is 0.248 e. The highest BCUT2D eigenvalue weighted by atomic mass is 16.5. The number of nitrogens with zero attached hydrogens (tertiary/aromatic N) is 6. The van der Waals surface area contributed by atoms with Crippen molar-refractivity contribution in [3.05, 3.63) is 36.5 Å². The van der Waals surface area contributed by atoms with Crippen LogP contribution in [-0.2, 0) is 14.3 Å². The van der Waals surface area contributed by atoms with E-state index in [-0.39, 0.29) is 18.4 Å². The number of aromatic nitrogens is 2. The Hall–Kier alpha value is -3.71. The molecule has 3 heterocycles. The first-order valence-electron chi connectivity index (χ1n) is 11.4. The molecular weight excluding hydrogens is 434 g/mol. The summed E-state index contributed by atoms with van der Waals surface area (Å²) >= 11 is 0. The highest BCUT2D eigenvalue weighted by molar-refractivity contribution is 6.01. The summed E-state index contributed by atoms with van der Waals surface area (Å²) in [4.78, 5) is 39.2. The summed E-state index contributed by atoms with van der Waals surface area (Å²) in [7, 11) is 1.53. The summed E-state index contributed by atoms with van der Waals surface area (Å²) in [5.41, 5.74) is 0.938. The lowest BCUT2D eigenvalue weighted by Crippen LogP contribution is -2.49. The Morgan fingerprint density at radius 2 is 1.91 bits per heavy atom. The molecule has 0 bridgehead atoms. The molecule has 0 spiro atoms. The Labute approximate surface area is 199 Å². The van der Waals surface area contributed by atoms with Gasteiger partial charge in [0.2, 0.25) is 17.8 Å². The van der Waals surface area contributed by atoms with Crippen LogP contribution in [0.15, 0.2) is 36.5 Å². The molecule has 2 amide bonds. The van der Waals surface area contributed by atoms with Gasteiger partial charge in [-0.1, -0.05) is 6.92 Å². The lowest BCUT2D eigenvalue weighted by molar-refractivity contribution is -0.135. The predicted octanol–water partition coefficient (Wildman–Crippen LogP) is 2.17. The first kappa shape index (κ1) is 23.4. The van der Waals surface area contributed by atoms with Crippen molar-refractivity contribution in [2.24, 2.45) is 5.41 Å². The van der Waals surface area contributed by atoms with Gasteiger partial charge in [0.1, 0.15) is 17.8 Å². The molecule has 10 heteroatoms. The van der Waals surface area contributed by atoms with Crippen molar-refractivity contribution in [2.45, 2.75) is 19.8 Å². The van der Waals surface area contributed by atoms with Crippen molar-refractivity contribution in [1.82, 2.24) is 14.9 Å². The van der Waals surface area contributed by atoms with E-state index in [0.29, 0.717) is 44.2 Å². The maximum Gasteiger partial charge on any atom is 0.248 e. The summed E-state index contributed by atoms with van der Waals surface area (Å²) < 4.78 is 4.94. The number of piperazine rings is 1. The van der Waals surface area contributed by atoms with Crippen molar-refractivity contribution in [3.63, 3.8) is 0 Å². The van der Waals surface area contributed by atoms with Crippen molar-refractivity contribution < 1.29 is 14.3 Å². The van der Waals surface area contributed by atoms with Crippen molar-refractivity contribution in [2.75, 3.05) is 61.6 Å². The summed E-state index contributed by atoms with van der Waals surface area (Å²) in [5.74, 6) is 0.697. The van der Waals surface area contributed by atoms with Crippen molar-refractivity contribution in [3.8, 4) is 6.07 Å². The number of nitrogens with one attached hydrogen (secondary N) is 1. The van der Waals surface area contributed by atoms with E-state index in [1.165, 1.54) is 7.11 Å². The quantitative estimate of drug-likeness (QED) is 0.664. The normalized spacial score (nSPS) is 20.4. The van der Waals surface area contributed by atoms with E-state index in [4.69, 9.17) is 4.74 Å². The van der Waals surface area contributed by atoms with E-state index in [9.17, 15) is 14.9 Å². The van der Waals surface area contributed by atoms with Gasteiger partial charge in [0.25, 0.3) is 0 Å². The molecule has 10 nitrogen and oxygen atoms in total. The number of anilines is 4. The molecular formula is C24H29N7O3. The van der Waals surface area contributed by atoms with E-state index in [1.807, 2.05) is 36.1 Å². The highest BCUT2D eigenvalue weighted by Gasteiger charge is 2.46. The molecule has 4 rings (SSSR count). The first-order chi connectivity index (χ1) is 16.5. The Bertz CT molecular complexity index is 1080. The number of hydrogen-bond donors (Lipinski definition) is 1. The minimum Gasteiger partial charge on any atom is -0.375 e. The minimum absolute atomic E-state index is 0.0209. The molecule has 0 saturated carbocycles. The van der Waals surface area contributed by atoms with Crippen LogP contribution in [0.1, 0.15) is 19.8 Å². The zero-order valence-electron chi connectivity index (χ0n) is 19.5. The number of methoxy groups -OCH3 is 1. The van der Waals surface area contributed by atoms with Gasteiger partial charge in [-0.2, -0.15) is 10.2 Å². The fraction of sp³-hybridized carbons (Fsp3) is 0.458. The second kappa shape index (κ2) is 10.1. The maximum atomic E-state index is 12.8. The predicted molar refractivity (Wildman–Crippen MR) is 128 cm³/mol. The molecule has 0 unspecified atom stereocenters. The van der Waals surface area contributed by atoms with Gasteiger partial charge in [-0.15, -0.1) is 0 Å². The molecule has 2 aliphatic rings. The fourth-order valence-electron chi connectivity index (χ4n) is 4.37. The summed E-state index contributed by atoms with van der Waals surface area (Å²) in [5, 5.41) is 12.7. The molecule has 1 aromatic carbocycles. The van der Waals surface area contributed by atoms with Crippen LogP contribution in [0.3, 0.4) is 0 Å². The molecule has 0 aliphatic carbocycles. The largest absolute Gasteiger partial charge is 0.375 e. The molecule has 1 N–H and O–H groups in total. The summed E-state index contributed by atoms with van der Waals surface area (Å²) in [6, 6.07) is 11.8. The lowest BCUT2D eigenvalue weighted by atomic mass is 9.85. The van der Waals surface area contributed by atoms with Gasteiger partial charge >= 0.3 is 0 Å². The fourth-order valence-corrected chi connectivity index (χ4v) is 4.37. The van der Waals surface area contributed by atoms with Crippen LogP contribution in [-0.4, -0.2) is 73.1 Å². The molecule has 2 aromatic rings. The average Bonchev–Trinajstić information content (AvgIpc) is 3.21. The number of carbonyl (C=O) groups excluding carboxylic acids is 2. The number of ether oxygens (including phenoxy) is 1. The Balaban J connectivity index is 1.38. The second-order valence-electron chi connectivity index (χ2n) is 8.47. The van der Waals surface area contributed by atoms with E-state index < -0.39 is 5.41 Å². The van der Waals surface area contributed by atoms with E-state index in [1.54, 1.807) is 17.2 Å². The Kier molecular flexibility index (Phi) is 6.93. The number of hydrogen-bond acceptors (Lipinski definition) is 8. The molecule has 0 radical (unpaired) electrons. The lowest BCUT2D eigenvalue weighted by Gasteiger charge is -2.36. The molecule has 1 atom stereocenters. The van der Waals surface area contributed by atoms with Crippen LogP contribution in [0.25, 0.3) is 0 Å². The van der Waals surface area contributed by atoms with E-state index >= 15 is 0 Å². The Morgan fingerprint density at radius 3 is 2.53 bits per heavy atom. The SMILES string of the molecule is CC[C@]1(C#N)CCN(c2ccnc(Nc3ccc(N4CCN(C(=O)COC)CC4)cc3)n2)C1=O. The van der Waals surface area contributed by atoms with Gasteiger partial charge in [-0.05, 0) is 43.2 Å². The molecule has 34 heavy (non-hydrogen) atoms. The number of nitriles is 1. The number of amides is 2. The van der Waals surface area contributed by atoms with Crippen LogP contribution in [0, 0.1) is 16.7 Å². The minimum atomic E-state index is -0.961. The highest BCUT2D eigenvalue weighted by Crippen LogP contribution is 2.36. The van der Waals surface area contributed by atoms with Crippen LogP contribution >= 0.6 is 0 Å². The van der Waals surface area contributed by atoms with Crippen LogP contribution < -0.4 is 15.1 Å². The zero-order valence-corrected chi connectivity index (χ0v) is 19.5. The van der Waals surface area contributed by atoms with Crippen LogP contribution in [0.4, 0.5) is 23.1 Å². The van der Waals surface area contributed by atoms with Crippen LogP contribution in [0.2, 0.25) is 0 Å². The van der Waals surface area contributed by atoms with E-state index in [2.05, 4.69) is 26.3 Å². The Morgan fingerprint density at radius 1 is 1.18 bits per heavy atom. The van der Waals surface area contributed by atoms with Gasteiger partial charge in [-0.3, -0.25) is 14.5 Å². The maximum absolute atomic E-state index is 12.8. The summed E-state index contributed by atoms with van der Waals surface area (Å²) in [6.45, 7) is 5.32. The molecule has 1 aromatic heterocycles. The molecule has 2 aliphatic heterocycles. The van der Waals surface area contributed by atoms with Gasteiger partial charge < -0.3 is 19.9 Å². The van der Waals surface area contributed by atoms with Crippen LogP contribution in [0.5, 0.6) is 0 Å². The molecule has 178 valence electrons. The topological polar surface area (TPSA) is 115 Å².